The highest BCUT2D eigenvalue weighted by Gasteiger charge is 2.22. The summed E-state index contributed by atoms with van der Waals surface area (Å²) in [5.41, 5.74) is 1.11. The summed E-state index contributed by atoms with van der Waals surface area (Å²) >= 11 is 0. The highest BCUT2D eigenvalue weighted by Crippen LogP contribution is 2.31. The van der Waals surface area contributed by atoms with Crippen molar-refractivity contribution in [3.05, 3.63) is 48.1 Å². The van der Waals surface area contributed by atoms with Gasteiger partial charge in [0.1, 0.15) is 5.75 Å². The van der Waals surface area contributed by atoms with Gasteiger partial charge in [-0.25, -0.2) is 0 Å². The lowest BCUT2D eigenvalue weighted by molar-refractivity contribution is 0.280. The van der Waals surface area contributed by atoms with Crippen LogP contribution in [0.5, 0.6) is 5.75 Å². The number of fused-ring (bicyclic) bond motifs is 1. The van der Waals surface area contributed by atoms with Gasteiger partial charge in [-0.05, 0) is 30.6 Å². The Morgan fingerprint density at radius 1 is 1.07 bits per heavy atom. The Kier molecular flexibility index (Phi) is 4.98. The zero-order valence-corrected chi connectivity index (χ0v) is 17.1. The maximum absolute atomic E-state index is 5.97. The summed E-state index contributed by atoms with van der Waals surface area (Å²) < 4.78 is 11.3. The number of rotatable bonds is 4. The second-order valence-electron chi connectivity index (χ2n) is 8.50. The van der Waals surface area contributed by atoms with Crippen molar-refractivity contribution in [3.8, 4) is 5.75 Å². The molecule has 4 rings (SSSR count). The van der Waals surface area contributed by atoms with Gasteiger partial charge < -0.3 is 19.1 Å². The molecule has 2 heterocycles. The first-order chi connectivity index (χ1) is 13.4. The van der Waals surface area contributed by atoms with Crippen molar-refractivity contribution in [2.75, 3.05) is 38.1 Å². The molecule has 1 fully saturated rings. The topological polar surface area (TPSA) is 54.6 Å². The molecule has 2 aromatic carbocycles. The van der Waals surface area contributed by atoms with Crippen molar-refractivity contribution >= 4 is 16.5 Å². The number of nitrogens with zero attached hydrogens (tertiary/aromatic N) is 4. The van der Waals surface area contributed by atoms with Gasteiger partial charge in [0.05, 0.1) is 0 Å². The quantitative estimate of drug-likeness (QED) is 0.685. The summed E-state index contributed by atoms with van der Waals surface area (Å²) in [7, 11) is 2.18. The van der Waals surface area contributed by atoms with Gasteiger partial charge in [-0.15, -0.1) is 0 Å². The van der Waals surface area contributed by atoms with Crippen LogP contribution < -0.4 is 9.64 Å². The van der Waals surface area contributed by atoms with E-state index in [0.29, 0.717) is 18.3 Å². The summed E-state index contributed by atoms with van der Waals surface area (Å²) in [5.74, 6) is 2.01. The van der Waals surface area contributed by atoms with Crippen LogP contribution in [0.15, 0.2) is 40.9 Å². The third-order valence-corrected chi connectivity index (χ3v) is 5.15. The smallest absolute Gasteiger partial charge is 0.232 e. The Morgan fingerprint density at radius 3 is 2.57 bits per heavy atom. The van der Waals surface area contributed by atoms with Crippen molar-refractivity contribution in [2.45, 2.75) is 32.8 Å². The van der Waals surface area contributed by atoms with Crippen LogP contribution in [0.25, 0.3) is 10.8 Å². The van der Waals surface area contributed by atoms with E-state index in [1.807, 2.05) is 26.8 Å². The summed E-state index contributed by atoms with van der Waals surface area (Å²) in [6, 6.07) is 12.7. The zero-order chi connectivity index (χ0) is 19.7. The van der Waals surface area contributed by atoms with E-state index < -0.39 is 0 Å². The Bertz CT molecular complexity index is 953. The standard InChI is InChI=1S/C22H28N4O2/c1-22(2,3)21-23-20(24-28-21)15-27-17-9-8-16-6-5-7-19(18(16)14-17)26-12-10-25(4)11-13-26/h5-9,14H,10-13,15H2,1-4H3. The van der Waals surface area contributed by atoms with E-state index in [9.17, 15) is 0 Å². The van der Waals surface area contributed by atoms with Gasteiger partial charge in [-0.2, -0.15) is 4.98 Å². The number of ether oxygens (including phenoxy) is 1. The van der Waals surface area contributed by atoms with Gasteiger partial charge in [0.15, 0.2) is 6.61 Å². The predicted molar refractivity (Wildman–Crippen MR) is 111 cm³/mol. The van der Waals surface area contributed by atoms with Crippen molar-refractivity contribution in [2.24, 2.45) is 0 Å². The van der Waals surface area contributed by atoms with E-state index in [1.54, 1.807) is 0 Å². The number of anilines is 1. The highest BCUT2D eigenvalue weighted by atomic mass is 16.5. The molecule has 0 spiro atoms. The Balaban J connectivity index is 1.54. The van der Waals surface area contributed by atoms with Crippen molar-refractivity contribution in [3.63, 3.8) is 0 Å². The minimum atomic E-state index is -0.161. The van der Waals surface area contributed by atoms with Crippen molar-refractivity contribution in [1.82, 2.24) is 15.0 Å². The second kappa shape index (κ2) is 7.43. The molecule has 1 aliphatic rings. The summed E-state index contributed by atoms with van der Waals surface area (Å²) in [5, 5.41) is 6.47. The predicted octanol–water partition coefficient (Wildman–Crippen LogP) is 3.85. The first-order valence-corrected chi connectivity index (χ1v) is 9.82. The molecule has 1 aliphatic heterocycles. The average Bonchev–Trinajstić information content (AvgIpc) is 3.16. The van der Waals surface area contributed by atoms with E-state index in [-0.39, 0.29) is 5.41 Å². The SMILES string of the molecule is CN1CCN(c2cccc3ccc(OCc4noc(C(C)(C)C)n4)cc23)CC1. The summed E-state index contributed by atoms with van der Waals surface area (Å²) in [6.07, 6.45) is 0. The number of hydrogen-bond acceptors (Lipinski definition) is 6. The van der Waals surface area contributed by atoms with E-state index in [4.69, 9.17) is 9.26 Å². The molecule has 0 amide bonds. The van der Waals surface area contributed by atoms with Crippen LogP contribution >= 0.6 is 0 Å². The largest absolute Gasteiger partial charge is 0.485 e. The molecule has 0 radical (unpaired) electrons. The maximum atomic E-state index is 5.97. The fourth-order valence-electron chi connectivity index (χ4n) is 3.41. The third-order valence-electron chi connectivity index (χ3n) is 5.15. The van der Waals surface area contributed by atoms with Crippen molar-refractivity contribution < 1.29 is 9.26 Å². The van der Waals surface area contributed by atoms with Gasteiger partial charge in [0.25, 0.3) is 0 Å². The number of piperazine rings is 1. The van der Waals surface area contributed by atoms with Gasteiger partial charge in [-0.1, -0.05) is 44.1 Å². The van der Waals surface area contributed by atoms with Crippen LogP contribution in [0.3, 0.4) is 0 Å². The van der Waals surface area contributed by atoms with Gasteiger partial charge in [0.2, 0.25) is 11.7 Å². The molecule has 0 bridgehead atoms. The van der Waals surface area contributed by atoms with Crippen LogP contribution in [0.4, 0.5) is 5.69 Å². The molecule has 28 heavy (non-hydrogen) atoms. The lowest BCUT2D eigenvalue weighted by Crippen LogP contribution is -2.44. The summed E-state index contributed by atoms with van der Waals surface area (Å²) in [6.45, 7) is 10.7. The molecular formula is C22H28N4O2. The number of benzene rings is 2. The number of hydrogen-bond donors (Lipinski definition) is 0. The molecule has 0 saturated carbocycles. The van der Waals surface area contributed by atoms with E-state index in [0.717, 1.165) is 31.9 Å². The first kappa shape index (κ1) is 18.7. The lowest BCUT2D eigenvalue weighted by atomic mass is 9.97. The fraction of sp³-hybridized carbons (Fsp3) is 0.455. The molecule has 0 unspecified atom stereocenters. The molecule has 0 atom stereocenters. The Morgan fingerprint density at radius 2 is 1.86 bits per heavy atom. The van der Waals surface area contributed by atoms with Gasteiger partial charge in [-0.3, -0.25) is 0 Å². The number of likely N-dealkylation sites (N-methyl/N-ethyl adjacent to an activating group) is 1. The lowest BCUT2D eigenvalue weighted by Gasteiger charge is -2.34. The molecule has 1 aromatic heterocycles. The van der Waals surface area contributed by atoms with Crippen LogP contribution in [0.1, 0.15) is 32.5 Å². The van der Waals surface area contributed by atoms with Crippen LogP contribution in [-0.2, 0) is 12.0 Å². The second-order valence-corrected chi connectivity index (χ2v) is 8.50. The van der Waals surface area contributed by atoms with Crippen LogP contribution in [0.2, 0.25) is 0 Å². The van der Waals surface area contributed by atoms with Gasteiger partial charge >= 0.3 is 0 Å². The molecule has 0 N–H and O–H groups in total. The normalized spacial score (nSPS) is 15.9. The molecule has 6 nitrogen and oxygen atoms in total. The van der Waals surface area contributed by atoms with Crippen LogP contribution in [0, 0.1) is 0 Å². The van der Waals surface area contributed by atoms with E-state index >= 15 is 0 Å². The maximum Gasteiger partial charge on any atom is 0.232 e. The number of aromatic nitrogens is 2. The minimum Gasteiger partial charge on any atom is -0.485 e. The molecule has 3 aromatic rings. The minimum absolute atomic E-state index is 0.161. The molecule has 1 saturated heterocycles. The third kappa shape index (κ3) is 3.97. The average molecular weight is 380 g/mol. The zero-order valence-electron chi connectivity index (χ0n) is 17.1. The Labute approximate surface area is 166 Å². The molecule has 0 aliphatic carbocycles. The summed E-state index contributed by atoms with van der Waals surface area (Å²) in [4.78, 5) is 9.27. The van der Waals surface area contributed by atoms with Crippen molar-refractivity contribution in [1.29, 1.82) is 0 Å². The fourth-order valence-corrected chi connectivity index (χ4v) is 3.41. The van der Waals surface area contributed by atoms with Crippen LogP contribution in [-0.4, -0.2) is 48.3 Å². The monoisotopic (exact) mass is 380 g/mol. The van der Waals surface area contributed by atoms with Gasteiger partial charge in [0, 0.05) is 42.7 Å². The first-order valence-electron chi connectivity index (χ1n) is 9.82. The Hall–Kier alpha value is -2.60. The molecule has 148 valence electrons. The van der Waals surface area contributed by atoms with E-state index in [1.165, 1.54) is 16.5 Å². The molecular weight excluding hydrogens is 352 g/mol. The molecule has 6 heteroatoms. The highest BCUT2D eigenvalue weighted by molar-refractivity contribution is 5.95. The van der Waals surface area contributed by atoms with E-state index in [2.05, 4.69) is 57.3 Å².